The standard InChI is InChI=1S/C64H36S2Se/c1-3-18-41-39(16-1)58(40-17-2-4-19-42(40)59(41)50-27-14-32-55-62(50)48-24-9-11-30-53(48)65-55)37-34-35-38-47-26-13-29-52(64(47)67-57(38)36-37)61-45-22-7-5-20-43(45)60(44-21-6-8-23-46(44)61)51-28-15-33-56-63(51)49-25-10-12-31-54(49)66-56/h1-36H. The number of thiophene rings is 2. The fourth-order valence-electron chi connectivity index (χ4n) is 11.6. The van der Waals surface area contributed by atoms with E-state index in [-0.39, 0.29) is 14.5 Å². The summed E-state index contributed by atoms with van der Waals surface area (Å²) in [5, 5.41) is 18.5. The summed E-state index contributed by atoms with van der Waals surface area (Å²) in [6.45, 7) is 0. The zero-order chi connectivity index (χ0) is 43.7. The van der Waals surface area contributed by atoms with Gasteiger partial charge in [0, 0.05) is 0 Å². The molecule has 12 aromatic carbocycles. The quantitative estimate of drug-likeness (QED) is 0.122. The van der Waals surface area contributed by atoms with Crippen molar-refractivity contribution in [2.45, 2.75) is 0 Å². The average Bonchev–Trinajstić information content (AvgIpc) is 4.09. The molecule has 310 valence electrons. The summed E-state index contributed by atoms with van der Waals surface area (Å²) < 4.78 is 8.24. The van der Waals surface area contributed by atoms with Gasteiger partial charge in [-0.05, 0) is 0 Å². The third kappa shape index (κ3) is 5.46. The van der Waals surface area contributed by atoms with E-state index < -0.39 is 0 Å². The van der Waals surface area contributed by atoms with Crippen LogP contribution in [0.1, 0.15) is 0 Å². The van der Waals surface area contributed by atoms with Crippen LogP contribution in [0.3, 0.4) is 0 Å². The zero-order valence-electron chi connectivity index (χ0n) is 36.0. The third-order valence-electron chi connectivity index (χ3n) is 14.3. The molecular weight excluding hydrogens is 912 g/mol. The number of benzene rings is 12. The van der Waals surface area contributed by atoms with Crippen molar-refractivity contribution < 1.29 is 0 Å². The summed E-state index contributed by atoms with van der Waals surface area (Å²) in [5.41, 5.74) is 10.5. The maximum absolute atomic E-state index is 2.53. The summed E-state index contributed by atoms with van der Waals surface area (Å²) in [5.74, 6) is 0. The van der Waals surface area contributed by atoms with E-state index in [1.54, 1.807) is 0 Å². The number of hydrogen-bond acceptors (Lipinski definition) is 2. The third-order valence-corrected chi connectivity index (χ3v) is 19.1. The molecule has 0 aliphatic carbocycles. The van der Waals surface area contributed by atoms with Gasteiger partial charge in [-0.15, -0.1) is 0 Å². The SMILES string of the molecule is c1ccc2c(c1)sc1cccc(-c3c4ccccc4c(-c4ccc5c(c4)[se]c4c(-c6c7ccccc7c(-c7cccc8sc9ccccc9c78)c7ccccc67)cccc45)c4ccccc34)c12. The predicted octanol–water partition coefficient (Wildman–Crippen LogP) is 19.1. The minimum atomic E-state index is 0.0839. The Hall–Kier alpha value is -7.36. The van der Waals surface area contributed by atoms with Crippen LogP contribution in [0, 0.1) is 0 Å². The summed E-state index contributed by atoms with van der Waals surface area (Å²) >= 11 is 3.87. The molecule has 3 heteroatoms. The van der Waals surface area contributed by atoms with Gasteiger partial charge in [-0.2, -0.15) is 0 Å². The first-order chi connectivity index (χ1) is 33.3. The van der Waals surface area contributed by atoms with Crippen molar-refractivity contribution in [1.29, 1.82) is 0 Å². The number of hydrogen-bond donors (Lipinski definition) is 0. The Bertz CT molecular complexity index is 4470. The van der Waals surface area contributed by atoms with Crippen molar-refractivity contribution >= 4 is 140 Å². The predicted molar refractivity (Wildman–Crippen MR) is 296 cm³/mol. The Morgan fingerprint density at radius 2 is 0.612 bits per heavy atom. The van der Waals surface area contributed by atoms with Crippen molar-refractivity contribution in [1.82, 2.24) is 0 Å². The first-order valence-corrected chi connectivity index (χ1v) is 26.3. The van der Waals surface area contributed by atoms with Gasteiger partial charge in [-0.1, -0.05) is 6.07 Å². The van der Waals surface area contributed by atoms with Crippen LogP contribution in [0.2, 0.25) is 0 Å². The topological polar surface area (TPSA) is 0 Å². The second-order valence-electron chi connectivity index (χ2n) is 17.7. The molecular formula is C64H36S2Se. The Kier molecular flexibility index (Phi) is 8.22. The van der Waals surface area contributed by atoms with Gasteiger partial charge in [0.2, 0.25) is 0 Å². The molecule has 0 radical (unpaired) electrons. The van der Waals surface area contributed by atoms with E-state index in [2.05, 4.69) is 218 Å². The minimum absolute atomic E-state index is 0.0839. The van der Waals surface area contributed by atoms with Crippen LogP contribution in [0.15, 0.2) is 218 Å². The van der Waals surface area contributed by atoms with Crippen molar-refractivity contribution in [2.75, 3.05) is 0 Å². The second-order valence-corrected chi connectivity index (χ2v) is 22.1. The van der Waals surface area contributed by atoms with E-state index >= 15 is 0 Å². The molecule has 15 aromatic rings. The van der Waals surface area contributed by atoms with Crippen molar-refractivity contribution in [3.05, 3.63) is 218 Å². The second kappa shape index (κ2) is 14.6. The van der Waals surface area contributed by atoms with Crippen LogP contribution in [-0.4, -0.2) is 14.5 Å². The fourth-order valence-corrected chi connectivity index (χ4v) is 16.5. The van der Waals surface area contributed by atoms with Gasteiger partial charge in [0.05, 0.1) is 0 Å². The van der Waals surface area contributed by atoms with Crippen LogP contribution < -0.4 is 0 Å². The molecule has 0 unspecified atom stereocenters. The molecule has 3 heterocycles. The molecule has 0 atom stereocenters. The van der Waals surface area contributed by atoms with Crippen LogP contribution >= 0.6 is 22.7 Å². The molecule has 0 nitrogen and oxygen atoms in total. The first-order valence-electron chi connectivity index (χ1n) is 22.9. The number of rotatable bonds is 4. The molecule has 0 bridgehead atoms. The van der Waals surface area contributed by atoms with Crippen LogP contribution in [0.5, 0.6) is 0 Å². The van der Waals surface area contributed by atoms with E-state index in [0.29, 0.717) is 0 Å². The average molecular weight is 948 g/mol. The Morgan fingerprint density at radius 3 is 1.09 bits per heavy atom. The molecule has 0 saturated carbocycles. The fraction of sp³-hybridized carbons (Fsp3) is 0. The number of fused-ring (bicyclic) bond motifs is 13. The van der Waals surface area contributed by atoms with E-state index in [4.69, 9.17) is 0 Å². The van der Waals surface area contributed by atoms with Gasteiger partial charge in [-0.25, -0.2) is 0 Å². The normalized spacial score (nSPS) is 12.2. The van der Waals surface area contributed by atoms with Gasteiger partial charge >= 0.3 is 397 Å². The van der Waals surface area contributed by atoms with Crippen LogP contribution in [0.25, 0.3) is 147 Å². The van der Waals surface area contributed by atoms with Crippen LogP contribution in [0.4, 0.5) is 0 Å². The van der Waals surface area contributed by atoms with E-state index in [1.807, 2.05) is 22.7 Å². The van der Waals surface area contributed by atoms with Gasteiger partial charge in [0.25, 0.3) is 0 Å². The molecule has 0 aliphatic heterocycles. The summed E-state index contributed by atoms with van der Waals surface area (Å²) in [6, 6.07) is 82.5. The monoisotopic (exact) mass is 948 g/mol. The maximum atomic E-state index is 2.53. The Balaban J connectivity index is 0.962. The summed E-state index contributed by atoms with van der Waals surface area (Å²) in [4.78, 5) is 0. The molecule has 0 N–H and O–H groups in total. The van der Waals surface area contributed by atoms with Crippen molar-refractivity contribution in [2.24, 2.45) is 0 Å². The van der Waals surface area contributed by atoms with Gasteiger partial charge in [0.15, 0.2) is 0 Å². The van der Waals surface area contributed by atoms with E-state index in [1.165, 1.54) is 147 Å². The molecule has 0 fully saturated rings. The first kappa shape index (κ1) is 37.8. The molecule has 15 rings (SSSR count). The zero-order valence-corrected chi connectivity index (χ0v) is 39.4. The molecule has 0 spiro atoms. The van der Waals surface area contributed by atoms with Gasteiger partial charge in [-0.3, -0.25) is 0 Å². The Labute approximate surface area is 400 Å². The summed E-state index contributed by atoms with van der Waals surface area (Å²) in [6.07, 6.45) is 0. The van der Waals surface area contributed by atoms with Gasteiger partial charge < -0.3 is 0 Å². The van der Waals surface area contributed by atoms with Crippen molar-refractivity contribution in [3.63, 3.8) is 0 Å². The molecule has 0 amide bonds. The molecule has 67 heavy (non-hydrogen) atoms. The summed E-state index contributed by atoms with van der Waals surface area (Å²) in [7, 11) is 0. The van der Waals surface area contributed by atoms with E-state index in [0.717, 1.165) is 0 Å². The Morgan fingerprint density at radius 1 is 0.254 bits per heavy atom. The van der Waals surface area contributed by atoms with Crippen molar-refractivity contribution in [3.8, 4) is 44.5 Å². The molecule has 0 saturated heterocycles. The molecule has 3 aromatic heterocycles. The van der Waals surface area contributed by atoms with Gasteiger partial charge in [0.1, 0.15) is 0 Å². The van der Waals surface area contributed by atoms with Crippen LogP contribution in [-0.2, 0) is 0 Å². The van der Waals surface area contributed by atoms with E-state index in [9.17, 15) is 0 Å². The molecule has 0 aliphatic rings.